The number of benzene rings is 1. The average molecular weight is 263 g/mol. The van der Waals surface area contributed by atoms with Crippen molar-refractivity contribution in [3.05, 3.63) is 29.8 Å². The summed E-state index contributed by atoms with van der Waals surface area (Å²) in [7, 11) is 0. The molecule has 3 nitrogen and oxygen atoms in total. The molecule has 0 bridgehead atoms. The van der Waals surface area contributed by atoms with E-state index in [4.69, 9.17) is 5.11 Å². The van der Waals surface area contributed by atoms with Crippen molar-refractivity contribution in [3.8, 4) is 5.75 Å². The fourth-order valence-electron chi connectivity index (χ4n) is 1.55. The van der Waals surface area contributed by atoms with E-state index in [9.17, 15) is 13.2 Å². The maximum atomic E-state index is 11.9. The molecular weight excluding hydrogens is 247 g/mol. The molecule has 0 amide bonds. The Bertz CT molecular complexity index is 351. The van der Waals surface area contributed by atoms with Crippen molar-refractivity contribution in [3.63, 3.8) is 0 Å². The molecule has 102 valence electrons. The molecule has 0 saturated carbocycles. The number of aliphatic hydroxyl groups excluding tert-OH is 1. The molecule has 0 unspecified atom stereocenters. The van der Waals surface area contributed by atoms with E-state index in [0.29, 0.717) is 13.1 Å². The normalized spacial score (nSPS) is 11.9. The Morgan fingerprint density at radius 3 is 2.28 bits per heavy atom. The van der Waals surface area contributed by atoms with Crippen LogP contribution in [0.15, 0.2) is 24.3 Å². The predicted molar refractivity (Wildman–Crippen MR) is 61.2 cm³/mol. The second kappa shape index (κ2) is 6.61. The van der Waals surface area contributed by atoms with E-state index in [1.807, 2.05) is 11.8 Å². The molecule has 0 aliphatic heterocycles. The first-order valence-electron chi connectivity index (χ1n) is 5.62. The Morgan fingerprint density at radius 2 is 1.83 bits per heavy atom. The highest BCUT2D eigenvalue weighted by Gasteiger charge is 2.30. The van der Waals surface area contributed by atoms with Gasteiger partial charge in [-0.15, -0.1) is 13.2 Å². The lowest BCUT2D eigenvalue weighted by atomic mass is 10.2. The number of halogens is 3. The van der Waals surface area contributed by atoms with Crippen molar-refractivity contribution in [1.82, 2.24) is 4.90 Å². The van der Waals surface area contributed by atoms with Crippen molar-refractivity contribution in [1.29, 1.82) is 0 Å². The number of alkyl halides is 3. The minimum Gasteiger partial charge on any atom is -0.406 e. The van der Waals surface area contributed by atoms with E-state index >= 15 is 0 Å². The van der Waals surface area contributed by atoms with Crippen molar-refractivity contribution in [2.45, 2.75) is 19.8 Å². The highest BCUT2D eigenvalue weighted by molar-refractivity contribution is 5.27. The standard InChI is InChI=1S/C12H16F3NO2/c1-2-16(7-8-17)9-10-3-5-11(6-4-10)18-12(13,14)15/h3-6,17H,2,7-9H2,1H3. The van der Waals surface area contributed by atoms with Crippen molar-refractivity contribution in [2.75, 3.05) is 19.7 Å². The van der Waals surface area contributed by atoms with Gasteiger partial charge in [0.1, 0.15) is 5.75 Å². The van der Waals surface area contributed by atoms with Crippen LogP contribution < -0.4 is 4.74 Å². The molecule has 0 atom stereocenters. The van der Waals surface area contributed by atoms with E-state index in [1.54, 1.807) is 12.1 Å². The number of rotatable bonds is 6. The molecule has 1 N–H and O–H groups in total. The van der Waals surface area contributed by atoms with E-state index < -0.39 is 6.36 Å². The number of likely N-dealkylation sites (N-methyl/N-ethyl adjacent to an activating group) is 1. The maximum Gasteiger partial charge on any atom is 0.573 e. The van der Waals surface area contributed by atoms with Gasteiger partial charge < -0.3 is 9.84 Å². The van der Waals surface area contributed by atoms with Crippen LogP contribution in [-0.2, 0) is 6.54 Å². The zero-order valence-electron chi connectivity index (χ0n) is 10.1. The lowest BCUT2D eigenvalue weighted by Gasteiger charge is -2.19. The smallest absolute Gasteiger partial charge is 0.406 e. The topological polar surface area (TPSA) is 32.7 Å². The third kappa shape index (κ3) is 5.37. The van der Waals surface area contributed by atoms with Crippen LogP contribution in [0.2, 0.25) is 0 Å². The molecule has 0 radical (unpaired) electrons. The van der Waals surface area contributed by atoms with Gasteiger partial charge in [-0.3, -0.25) is 4.90 Å². The summed E-state index contributed by atoms with van der Waals surface area (Å²) < 4.78 is 39.6. The van der Waals surface area contributed by atoms with E-state index in [-0.39, 0.29) is 12.4 Å². The molecule has 0 fully saturated rings. The molecule has 1 aromatic carbocycles. The zero-order chi connectivity index (χ0) is 13.6. The van der Waals surface area contributed by atoms with Gasteiger partial charge >= 0.3 is 6.36 Å². The first kappa shape index (κ1) is 14.8. The molecule has 6 heteroatoms. The molecule has 18 heavy (non-hydrogen) atoms. The molecule has 1 rings (SSSR count). The van der Waals surface area contributed by atoms with E-state index in [1.165, 1.54) is 12.1 Å². The van der Waals surface area contributed by atoms with Crippen molar-refractivity contribution < 1.29 is 23.0 Å². The minimum atomic E-state index is -4.66. The third-order valence-corrected chi connectivity index (χ3v) is 2.43. The van der Waals surface area contributed by atoms with Crippen molar-refractivity contribution >= 4 is 0 Å². The van der Waals surface area contributed by atoms with Crippen LogP contribution in [0.3, 0.4) is 0 Å². The summed E-state index contributed by atoms with van der Waals surface area (Å²) >= 11 is 0. The van der Waals surface area contributed by atoms with Gasteiger partial charge in [-0.25, -0.2) is 0 Å². The molecule has 0 aliphatic carbocycles. The van der Waals surface area contributed by atoms with Crippen LogP contribution in [-0.4, -0.2) is 36.1 Å². The highest BCUT2D eigenvalue weighted by Crippen LogP contribution is 2.22. The number of ether oxygens (including phenoxy) is 1. The summed E-state index contributed by atoms with van der Waals surface area (Å²) in [6, 6.07) is 5.74. The minimum absolute atomic E-state index is 0.0586. The van der Waals surface area contributed by atoms with Crippen LogP contribution in [0, 0.1) is 0 Å². The Balaban J connectivity index is 2.59. The quantitative estimate of drug-likeness (QED) is 0.855. The van der Waals surface area contributed by atoms with Crippen LogP contribution >= 0.6 is 0 Å². The summed E-state index contributed by atoms with van der Waals surface area (Å²) in [5.41, 5.74) is 0.875. The molecule has 0 heterocycles. The van der Waals surface area contributed by atoms with Crippen LogP contribution in [0.5, 0.6) is 5.75 Å². The summed E-state index contributed by atoms with van der Waals surface area (Å²) in [6.45, 7) is 3.90. The summed E-state index contributed by atoms with van der Waals surface area (Å²) in [5, 5.41) is 8.83. The maximum absolute atomic E-state index is 11.9. The van der Waals surface area contributed by atoms with E-state index in [0.717, 1.165) is 12.1 Å². The first-order valence-corrected chi connectivity index (χ1v) is 5.62. The lowest BCUT2D eigenvalue weighted by Crippen LogP contribution is -2.26. The van der Waals surface area contributed by atoms with Crippen LogP contribution in [0.4, 0.5) is 13.2 Å². The Hall–Kier alpha value is -1.27. The highest BCUT2D eigenvalue weighted by atomic mass is 19.4. The molecule has 1 aromatic rings. The van der Waals surface area contributed by atoms with Gasteiger partial charge in [-0.2, -0.15) is 0 Å². The molecule has 0 aliphatic rings. The number of hydrogen-bond donors (Lipinski definition) is 1. The molecule has 0 saturated heterocycles. The molecular formula is C12H16F3NO2. The van der Waals surface area contributed by atoms with Gasteiger partial charge in [0.05, 0.1) is 6.61 Å². The summed E-state index contributed by atoms with van der Waals surface area (Å²) in [4.78, 5) is 1.99. The first-order chi connectivity index (χ1) is 8.44. The largest absolute Gasteiger partial charge is 0.573 e. The van der Waals surface area contributed by atoms with Gasteiger partial charge in [0.25, 0.3) is 0 Å². The van der Waals surface area contributed by atoms with Gasteiger partial charge in [0, 0.05) is 13.1 Å². The van der Waals surface area contributed by atoms with Gasteiger partial charge in [-0.05, 0) is 24.2 Å². The van der Waals surface area contributed by atoms with Crippen molar-refractivity contribution in [2.24, 2.45) is 0 Å². The second-order valence-corrected chi connectivity index (χ2v) is 3.78. The fourth-order valence-corrected chi connectivity index (χ4v) is 1.55. The van der Waals surface area contributed by atoms with Gasteiger partial charge in [0.15, 0.2) is 0 Å². The summed E-state index contributed by atoms with van der Waals surface area (Å²) in [5.74, 6) is -0.226. The van der Waals surface area contributed by atoms with Crippen LogP contribution in [0.1, 0.15) is 12.5 Å². The lowest BCUT2D eigenvalue weighted by molar-refractivity contribution is -0.274. The second-order valence-electron chi connectivity index (χ2n) is 3.78. The fraction of sp³-hybridized carbons (Fsp3) is 0.500. The number of hydrogen-bond acceptors (Lipinski definition) is 3. The Kier molecular flexibility index (Phi) is 5.43. The zero-order valence-corrected chi connectivity index (χ0v) is 10.1. The van der Waals surface area contributed by atoms with Crippen LogP contribution in [0.25, 0.3) is 0 Å². The average Bonchev–Trinajstić information content (AvgIpc) is 2.29. The third-order valence-electron chi connectivity index (χ3n) is 2.43. The number of nitrogens with zero attached hydrogens (tertiary/aromatic N) is 1. The SMILES string of the molecule is CCN(CCO)Cc1ccc(OC(F)(F)F)cc1. The van der Waals surface area contributed by atoms with Gasteiger partial charge in [0.2, 0.25) is 0 Å². The Morgan fingerprint density at radius 1 is 1.22 bits per heavy atom. The van der Waals surface area contributed by atoms with E-state index in [2.05, 4.69) is 4.74 Å². The summed E-state index contributed by atoms with van der Waals surface area (Å²) in [6.07, 6.45) is -4.66. The monoisotopic (exact) mass is 263 g/mol. The predicted octanol–water partition coefficient (Wildman–Crippen LogP) is 2.40. The van der Waals surface area contributed by atoms with Gasteiger partial charge in [-0.1, -0.05) is 19.1 Å². The molecule has 0 spiro atoms. The molecule has 0 aromatic heterocycles. The number of aliphatic hydroxyl groups is 1. The Labute approximate surface area is 104 Å².